The van der Waals surface area contributed by atoms with E-state index < -0.39 is 5.60 Å². The third kappa shape index (κ3) is 2.03. The Morgan fingerprint density at radius 3 is 2.15 bits per heavy atom. The van der Waals surface area contributed by atoms with Crippen molar-refractivity contribution >= 4 is 11.8 Å². The summed E-state index contributed by atoms with van der Waals surface area (Å²) in [6.07, 6.45) is 0.733. The molecular weight excluding hydrogens is 256 g/mol. The van der Waals surface area contributed by atoms with E-state index >= 15 is 0 Å². The minimum atomic E-state index is -0.581. The average molecular weight is 274 g/mol. The smallest absolute Gasteiger partial charge is 0.261 e. The molecule has 1 fully saturated rings. The number of imide groups is 1. The van der Waals surface area contributed by atoms with Gasteiger partial charge in [-0.2, -0.15) is 0 Å². The molecule has 2 aliphatic rings. The number of hydrogen-bond acceptors (Lipinski definition) is 4. The fourth-order valence-corrected chi connectivity index (χ4v) is 2.85. The van der Waals surface area contributed by atoms with Crippen molar-refractivity contribution in [3.63, 3.8) is 0 Å². The van der Waals surface area contributed by atoms with Crippen molar-refractivity contribution in [3.8, 4) is 0 Å². The van der Waals surface area contributed by atoms with Gasteiger partial charge in [-0.25, -0.2) is 0 Å². The molecular formula is C15H18N2O3. The molecule has 0 radical (unpaired) electrons. The van der Waals surface area contributed by atoms with Crippen molar-refractivity contribution in [1.29, 1.82) is 0 Å². The number of fused-ring (bicyclic) bond motifs is 1. The quantitative estimate of drug-likeness (QED) is 0.823. The molecule has 1 aromatic carbocycles. The summed E-state index contributed by atoms with van der Waals surface area (Å²) in [5.41, 5.74) is 0.402. The maximum absolute atomic E-state index is 12.1. The first-order valence-corrected chi connectivity index (χ1v) is 6.94. The standard InChI is InChI=1S/C15H18N2O3/c1-2-15(20)9-16(10-15)7-8-17-13(18)11-5-3-4-6-12(11)14(17)19/h3-6,20H,2,7-10H2,1H3. The summed E-state index contributed by atoms with van der Waals surface area (Å²) < 4.78 is 0. The van der Waals surface area contributed by atoms with E-state index in [1.54, 1.807) is 24.3 Å². The Bertz CT molecular complexity index is 529. The average Bonchev–Trinajstić information content (AvgIpc) is 2.67. The molecule has 5 heteroatoms. The number of aliphatic hydroxyl groups is 1. The summed E-state index contributed by atoms with van der Waals surface area (Å²) in [5.74, 6) is -0.422. The summed E-state index contributed by atoms with van der Waals surface area (Å²) in [6.45, 7) is 4.20. The van der Waals surface area contributed by atoms with Gasteiger partial charge in [0.2, 0.25) is 0 Å². The second kappa shape index (κ2) is 4.68. The molecule has 0 bridgehead atoms. The number of β-amino-alcohol motifs (C(OH)–C–C–N with tert-alkyl or cyclic N) is 1. The normalized spacial score (nSPS) is 21.0. The van der Waals surface area contributed by atoms with Crippen LogP contribution < -0.4 is 0 Å². The second-order valence-electron chi connectivity index (χ2n) is 5.60. The van der Waals surface area contributed by atoms with E-state index in [2.05, 4.69) is 4.90 Å². The van der Waals surface area contributed by atoms with Crippen LogP contribution in [0, 0.1) is 0 Å². The van der Waals surface area contributed by atoms with Gasteiger partial charge in [-0.3, -0.25) is 19.4 Å². The Hall–Kier alpha value is -1.72. The Morgan fingerprint density at radius 1 is 1.10 bits per heavy atom. The number of nitrogens with zero attached hydrogens (tertiary/aromatic N) is 2. The molecule has 0 unspecified atom stereocenters. The molecule has 0 saturated carbocycles. The van der Waals surface area contributed by atoms with Crippen molar-refractivity contribution in [1.82, 2.24) is 9.80 Å². The van der Waals surface area contributed by atoms with Gasteiger partial charge in [0, 0.05) is 26.2 Å². The minimum Gasteiger partial charge on any atom is -0.387 e. The van der Waals surface area contributed by atoms with E-state index in [1.807, 2.05) is 6.92 Å². The SMILES string of the molecule is CCC1(O)CN(CCN2C(=O)c3ccccc3C2=O)C1. The van der Waals surface area contributed by atoms with Gasteiger partial charge in [0.25, 0.3) is 11.8 Å². The number of carbonyl (C=O) groups excluding carboxylic acids is 2. The Kier molecular flexibility index (Phi) is 3.11. The second-order valence-corrected chi connectivity index (χ2v) is 5.60. The lowest BCUT2D eigenvalue weighted by atomic mass is 9.91. The van der Waals surface area contributed by atoms with Gasteiger partial charge in [0.1, 0.15) is 0 Å². The lowest BCUT2D eigenvalue weighted by Crippen LogP contribution is -2.62. The van der Waals surface area contributed by atoms with Crippen LogP contribution in [0.2, 0.25) is 0 Å². The number of likely N-dealkylation sites (tertiary alicyclic amines) is 1. The van der Waals surface area contributed by atoms with Crippen molar-refractivity contribution in [2.24, 2.45) is 0 Å². The molecule has 0 aliphatic carbocycles. The van der Waals surface area contributed by atoms with Crippen LogP contribution >= 0.6 is 0 Å². The first kappa shape index (κ1) is 13.3. The van der Waals surface area contributed by atoms with E-state index in [0.29, 0.717) is 37.3 Å². The lowest BCUT2D eigenvalue weighted by Gasteiger charge is -2.46. The Labute approximate surface area is 117 Å². The van der Waals surface area contributed by atoms with Crippen LogP contribution in [0.4, 0.5) is 0 Å². The number of rotatable bonds is 4. The van der Waals surface area contributed by atoms with Gasteiger partial charge in [0.05, 0.1) is 16.7 Å². The third-order valence-electron chi connectivity index (χ3n) is 4.21. The summed E-state index contributed by atoms with van der Waals surface area (Å²) in [4.78, 5) is 27.7. The Balaban J connectivity index is 1.61. The van der Waals surface area contributed by atoms with Crippen LogP contribution in [0.5, 0.6) is 0 Å². The summed E-state index contributed by atoms with van der Waals surface area (Å²) in [6, 6.07) is 6.92. The van der Waals surface area contributed by atoms with Gasteiger partial charge in [-0.1, -0.05) is 19.1 Å². The third-order valence-corrected chi connectivity index (χ3v) is 4.21. The number of amides is 2. The summed E-state index contributed by atoms with van der Waals surface area (Å²) in [5, 5.41) is 9.94. The molecule has 0 aromatic heterocycles. The van der Waals surface area contributed by atoms with E-state index in [4.69, 9.17) is 0 Å². The molecule has 20 heavy (non-hydrogen) atoms. The van der Waals surface area contributed by atoms with E-state index in [9.17, 15) is 14.7 Å². The highest BCUT2D eigenvalue weighted by Gasteiger charge is 2.40. The van der Waals surface area contributed by atoms with Gasteiger partial charge in [-0.05, 0) is 18.6 Å². The minimum absolute atomic E-state index is 0.211. The maximum Gasteiger partial charge on any atom is 0.261 e. The molecule has 2 heterocycles. The van der Waals surface area contributed by atoms with Crippen LogP contribution in [0.3, 0.4) is 0 Å². The van der Waals surface area contributed by atoms with Crippen molar-refractivity contribution in [2.75, 3.05) is 26.2 Å². The zero-order valence-electron chi connectivity index (χ0n) is 11.5. The number of hydrogen-bond donors (Lipinski definition) is 1. The molecule has 5 nitrogen and oxygen atoms in total. The summed E-state index contributed by atoms with van der Waals surface area (Å²) in [7, 11) is 0. The summed E-state index contributed by atoms with van der Waals surface area (Å²) >= 11 is 0. The zero-order valence-corrected chi connectivity index (χ0v) is 11.5. The topological polar surface area (TPSA) is 60.9 Å². The molecule has 1 saturated heterocycles. The van der Waals surface area contributed by atoms with Crippen molar-refractivity contribution in [3.05, 3.63) is 35.4 Å². The van der Waals surface area contributed by atoms with Gasteiger partial charge in [-0.15, -0.1) is 0 Å². The molecule has 1 aromatic rings. The number of benzene rings is 1. The molecule has 3 rings (SSSR count). The fourth-order valence-electron chi connectivity index (χ4n) is 2.85. The molecule has 0 spiro atoms. The van der Waals surface area contributed by atoms with Crippen LogP contribution in [-0.2, 0) is 0 Å². The maximum atomic E-state index is 12.1. The first-order chi connectivity index (χ1) is 9.54. The predicted octanol–water partition coefficient (Wildman–Crippen LogP) is 0.739. The fraction of sp³-hybridized carbons (Fsp3) is 0.467. The van der Waals surface area contributed by atoms with E-state index in [-0.39, 0.29) is 11.8 Å². The van der Waals surface area contributed by atoms with E-state index in [0.717, 1.165) is 6.42 Å². The van der Waals surface area contributed by atoms with Gasteiger partial charge in [0.15, 0.2) is 0 Å². The Morgan fingerprint density at radius 2 is 1.65 bits per heavy atom. The first-order valence-electron chi connectivity index (χ1n) is 6.94. The van der Waals surface area contributed by atoms with Crippen LogP contribution in [-0.4, -0.2) is 58.5 Å². The van der Waals surface area contributed by atoms with Gasteiger partial charge < -0.3 is 5.11 Å². The highest BCUT2D eigenvalue weighted by Crippen LogP contribution is 2.25. The highest BCUT2D eigenvalue weighted by atomic mass is 16.3. The molecule has 2 amide bonds. The van der Waals surface area contributed by atoms with E-state index in [1.165, 1.54) is 4.90 Å². The molecule has 2 aliphatic heterocycles. The number of carbonyl (C=O) groups is 2. The largest absolute Gasteiger partial charge is 0.387 e. The predicted molar refractivity (Wildman–Crippen MR) is 73.5 cm³/mol. The van der Waals surface area contributed by atoms with Crippen LogP contribution in [0.1, 0.15) is 34.1 Å². The van der Waals surface area contributed by atoms with Crippen LogP contribution in [0.25, 0.3) is 0 Å². The molecule has 0 atom stereocenters. The monoisotopic (exact) mass is 274 g/mol. The molecule has 106 valence electrons. The zero-order chi connectivity index (χ0) is 14.3. The molecule has 1 N–H and O–H groups in total. The highest BCUT2D eigenvalue weighted by molar-refractivity contribution is 6.21. The van der Waals surface area contributed by atoms with Crippen molar-refractivity contribution < 1.29 is 14.7 Å². The van der Waals surface area contributed by atoms with Gasteiger partial charge >= 0.3 is 0 Å². The van der Waals surface area contributed by atoms with Crippen LogP contribution in [0.15, 0.2) is 24.3 Å². The van der Waals surface area contributed by atoms with Crippen molar-refractivity contribution in [2.45, 2.75) is 18.9 Å². The lowest BCUT2D eigenvalue weighted by molar-refractivity contribution is -0.0996.